The zero-order chi connectivity index (χ0) is 20.3. The molecule has 0 aliphatic carbocycles. The van der Waals surface area contributed by atoms with Gasteiger partial charge >= 0.3 is 0 Å². The number of nitrogens with zero attached hydrogens (tertiary/aromatic N) is 2. The van der Waals surface area contributed by atoms with E-state index in [1.54, 1.807) is 30.3 Å². The lowest BCUT2D eigenvalue weighted by Gasteiger charge is -2.10. The monoisotopic (exact) mass is 400 g/mol. The molecule has 0 fully saturated rings. The Morgan fingerprint density at radius 1 is 0.793 bits per heavy atom. The van der Waals surface area contributed by atoms with E-state index in [0.29, 0.717) is 11.1 Å². The molecule has 0 spiro atoms. The number of nitriles is 1. The number of benzene rings is 3. The van der Waals surface area contributed by atoms with Gasteiger partial charge in [0.25, 0.3) is 0 Å². The molecule has 0 saturated carbocycles. The highest BCUT2D eigenvalue weighted by molar-refractivity contribution is 7.92. The Kier molecular flexibility index (Phi) is 4.98. The third kappa shape index (κ3) is 3.56. The summed E-state index contributed by atoms with van der Waals surface area (Å²) in [5.74, 6) is 0.540. The van der Waals surface area contributed by atoms with Gasteiger partial charge in [-0.15, -0.1) is 0 Å². The van der Waals surface area contributed by atoms with E-state index in [9.17, 15) is 13.7 Å². The maximum Gasteiger partial charge on any atom is 0.227 e. The van der Waals surface area contributed by atoms with E-state index in [1.165, 1.54) is 12.1 Å². The molecule has 6 heteroatoms. The molecule has 0 N–H and O–H groups in total. The molecule has 0 radical (unpaired) electrons. The highest BCUT2D eigenvalue weighted by Gasteiger charge is 2.35. The molecule has 5 nitrogen and oxygen atoms in total. The van der Waals surface area contributed by atoms with Crippen molar-refractivity contribution < 1.29 is 12.8 Å². The molecule has 0 aliphatic heterocycles. The van der Waals surface area contributed by atoms with Crippen molar-refractivity contribution in [3.8, 4) is 28.8 Å². The van der Waals surface area contributed by atoms with Gasteiger partial charge in [-0.3, -0.25) is 0 Å². The lowest BCUT2D eigenvalue weighted by atomic mass is 10.1. The van der Waals surface area contributed by atoms with Crippen LogP contribution in [-0.4, -0.2) is 13.4 Å². The Hall–Kier alpha value is -3.69. The van der Waals surface area contributed by atoms with E-state index in [2.05, 4.69) is 4.98 Å². The zero-order valence-corrected chi connectivity index (χ0v) is 16.1. The van der Waals surface area contributed by atoms with Crippen LogP contribution in [0.15, 0.2) is 100 Å². The van der Waals surface area contributed by atoms with Gasteiger partial charge in [0.1, 0.15) is 5.69 Å². The minimum absolute atomic E-state index is 0.0647. The first-order chi connectivity index (χ1) is 14.1. The topological polar surface area (TPSA) is 84.0 Å². The first kappa shape index (κ1) is 18.7. The maximum absolute atomic E-state index is 13.2. The molecule has 0 saturated heterocycles. The quantitative estimate of drug-likeness (QED) is 0.468. The van der Waals surface area contributed by atoms with Gasteiger partial charge < -0.3 is 4.42 Å². The Morgan fingerprint density at radius 2 is 1.31 bits per heavy atom. The molecule has 3 aromatic carbocycles. The third-order valence-corrected chi connectivity index (χ3v) is 6.34. The second kappa shape index (κ2) is 7.74. The lowest BCUT2D eigenvalue weighted by Crippen LogP contribution is -2.13. The SMILES string of the molecule is N#CC(c1nc(-c2ccccc2)oc1-c1ccccc1)S(=O)(=O)c1ccccc1. The van der Waals surface area contributed by atoms with Gasteiger partial charge in [0.15, 0.2) is 11.0 Å². The van der Waals surface area contributed by atoms with Crippen LogP contribution >= 0.6 is 0 Å². The van der Waals surface area contributed by atoms with Crippen LogP contribution in [0, 0.1) is 11.3 Å². The largest absolute Gasteiger partial charge is 0.436 e. The van der Waals surface area contributed by atoms with E-state index >= 15 is 0 Å². The standard InChI is InChI=1S/C23H16N2O3S/c24-16-20(29(26,27)19-14-8-3-9-15-19)21-22(17-10-4-1-5-11-17)28-23(25-21)18-12-6-2-7-13-18/h1-15,20H. The average Bonchev–Trinajstić information content (AvgIpc) is 3.21. The summed E-state index contributed by atoms with van der Waals surface area (Å²) < 4.78 is 32.4. The summed E-state index contributed by atoms with van der Waals surface area (Å²) in [6.07, 6.45) is 0. The number of hydrogen-bond acceptors (Lipinski definition) is 5. The first-order valence-corrected chi connectivity index (χ1v) is 10.5. The first-order valence-electron chi connectivity index (χ1n) is 8.91. The van der Waals surface area contributed by atoms with E-state index < -0.39 is 15.1 Å². The van der Waals surface area contributed by atoms with Crippen molar-refractivity contribution in [2.75, 3.05) is 0 Å². The van der Waals surface area contributed by atoms with E-state index in [-0.39, 0.29) is 22.2 Å². The zero-order valence-electron chi connectivity index (χ0n) is 15.3. The van der Waals surface area contributed by atoms with Crippen LogP contribution in [0.3, 0.4) is 0 Å². The fourth-order valence-electron chi connectivity index (χ4n) is 3.03. The number of rotatable bonds is 5. The molecular formula is C23H16N2O3S. The Labute approximate surface area is 168 Å². The summed E-state index contributed by atoms with van der Waals surface area (Å²) in [4.78, 5) is 4.52. The van der Waals surface area contributed by atoms with Crippen LogP contribution in [0.1, 0.15) is 10.9 Å². The van der Waals surface area contributed by atoms with Crippen LogP contribution in [0.5, 0.6) is 0 Å². The number of sulfone groups is 1. The fraction of sp³-hybridized carbons (Fsp3) is 0.0435. The molecule has 4 rings (SSSR count). The summed E-state index contributed by atoms with van der Waals surface area (Å²) in [5.41, 5.74) is 1.44. The van der Waals surface area contributed by atoms with Crippen molar-refractivity contribution in [1.29, 1.82) is 5.26 Å². The number of aromatic nitrogens is 1. The van der Waals surface area contributed by atoms with E-state index in [4.69, 9.17) is 4.42 Å². The Bertz CT molecular complexity index is 1260. The molecule has 29 heavy (non-hydrogen) atoms. The molecule has 142 valence electrons. The van der Waals surface area contributed by atoms with Gasteiger partial charge in [0, 0.05) is 11.1 Å². The summed E-state index contributed by atoms with van der Waals surface area (Å²) in [5, 5.41) is 8.32. The second-order valence-corrected chi connectivity index (χ2v) is 8.37. The van der Waals surface area contributed by atoms with Gasteiger partial charge in [-0.05, 0) is 24.3 Å². The Balaban J connectivity index is 1.92. The fourth-order valence-corrected chi connectivity index (χ4v) is 4.44. The smallest absolute Gasteiger partial charge is 0.227 e. The van der Waals surface area contributed by atoms with Gasteiger partial charge in [0.2, 0.25) is 15.7 Å². The molecule has 1 heterocycles. The van der Waals surface area contributed by atoms with Gasteiger partial charge in [-0.2, -0.15) is 5.26 Å². The maximum atomic E-state index is 13.2. The van der Waals surface area contributed by atoms with Crippen molar-refractivity contribution >= 4 is 9.84 Å². The highest BCUT2D eigenvalue weighted by atomic mass is 32.2. The van der Waals surface area contributed by atoms with Crippen LogP contribution in [0.4, 0.5) is 0 Å². The predicted molar refractivity (Wildman–Crippen MR) is 109 cm³/mol. The summed E-state index contributed by atoms with van der Waals surface area (Å²) >= 11 is 0. The van der Waals surface area contributed by atoms with Crippen molar-refractivity contribution in [2.45, 2.75) is 10.1 Å². The van der Waals surface area contributed by atoms with Gasteiger partial charge in [-0.25, -0.2) is 13.4 Å². The van der Waals surface area contributed by atoms with Crippen LogP contribution in [0.25, 0.3) is 22.8 Å². The summed E-state index contributed by atoms with van der Waals surface area (Å²) in [6, 6.07) is 28.1. The summed E-state index contributed by atoms with van der Waals surface area (Å²) in [7, 11) is -3.99. The third-order valence-electron chi connectivity index (χ3n) is 4.46. The molecule has 0 bridgehead atoms. The van der Waals surface area contributed by atoms with E-state index in [1.807, 2.05) is 54.6 Å². The van der Waals surface area contributed by atoms with Gasteiger partial charge in [0.05, 0.1) is 11.0 Å². The van der Waals surface area contributed by atoms with Gasteiger partial charge in [-0.1, -0.05) is 66.7 Å². The molecule has 1 unspecified atom stereocenters. The number of oxazole rings is 1. The van der Waals surface area contributed by atoms with Crippen molar-refractivity contribution in [1.82, 2.24) is 4.98 Å². The Morgan fingerprint density at radius 3 is 1.86 bits per heavy atom. The minimum Gasteiger partial charge on any atom is -0.436 e. The molecule has 0 aliphatic rings. The average molecular weight is 400 g/mol. The molecule has 4 aromatic rings. The van der Waals surface area contributed by atoms with Crippen molar-refractivity contribution in [3.05, 3.63) is 96.7 Å². The minimum atomic E-state index is -3.99. The van der Waals surface area contributed by atoms with Crippen LogP contribution < -0.4 is 0 Å². The van der Waals surface area contributed by atoms with Crippen molar-refractivity contribution in [3.63, 3.8) is 0 Å². The number of hydrogen-bond donors (Lipinski definition) is 0. The molecular weight excluding hydrogens is 384 g/mol. The molecule has 0 amide bonds. The highest BCUT2D eigenvalue weighted by Crippen LogP contribution is 2.37. The van der Waals surface area contributed by atoms with E-state index in [0.717, 1.165) is 0 Å². The molecule has 1 aromatic heterocycles. The van der Waals surface area contributed by atoms with Crippen LogP contribution in [-0.2, 0) is 9.84 Å². The van der Waals surface area contributed by atoms with Crippen LogP contribution in [0.2, 0.25) is 0 Å². The summed E-state index contributed by atoms with van der Waals surface area (Å²) in [6.45, 7) is 0. The molecule has 1 atom stereocenters. The lowest BCUT2D eigenvalue weighted by molar-refractivity contribution is 0.582. The normalized spacial score (nSPS) is 12.2. The predicted octanol–water partition coefficient (Wildman–Crippen LogP) is 5.05. The second-order valence-electron chi connectivity index (χ2n) is 6.33. The van der Waals surface area contributed by atoms with Crippen molar-refractivity contribution in [2.24, 2.45) is 0 Å².